The third-order valence-electron chi connectivity index (χ3n) is 2.62. The molecular weight excluding hydrogens is 250 g/mol. The monoisotopic (exact) mass is 263 g/mol. The number of nitrogens with two attached hydrogens (primary N) is 1. The second-order valence-electron chi connectivity index (χ2n) is 4.13. The highest BCUT2D eigenvalue weighted by atomic mass is 16.2. The van der Waals surface area contributed by atoms with E-state index in [2.05, 4.69) is 10.3 Å². The van der Waals surface area contributed by atoms with Crippen LogP contribution < -0.4 is 16.6 Å². The highest BCUT2D eigenvalue weighted by Crippen LogP contribution is 2.05. The van der Waals surface area contributed by atoms with Gasteiger partial charge >= 0.3 is 0 Å². The molecular formula is C11H13N5O3. The van der Waals surface area contributed by atoms with Gasteiger partial charge in [0.2, 0.25) is 11.8 Å². The Balaban J connectivity index is 2.01. The molecule has 0 aliphatic carbocycles. The minimum atomic E-state index is -0.424. The molecule has 0 unspecified atom stereocenters. The normalized spacial score (nSPS) is 16.1. The number of carbonyl (C=O) groups excluding carboxylic acids is 3. The molecule has 1 aliphatic heterocycles. The molecule has 0 saturated carbocycles. The Bertz CT molecular complexity index is 498. The summed E-state index contributed by atoms with van der Waals surface area (Å²) in [6.07, 6.45) is 1.39. The fourth-order valence-corrected chi connectivity index (χ4v) is 1.77. The number of rotatable bonds is 3. The zero-order chi connectivity index (χ0) is 13.8. The highest BCUT2D eigenvalue weighted by molar-refractivity contribution is 5.99. The lowest BCUT2D eigenvalue weighted by Crippen LogP contribution is -2.50. The van der Waals surface area contributed by atoms with Crippen molar-refractivity contribution in [1.82, 2.24) is 20.6 Å². The van der Waals surface area contributed by atoms with Crippen molar-refractivity contribution in [3.63, 3.8) is 0 Å². The molecule has 2 heterocycles. The van der Waals surface area contributed by atoms with Gasteiger partial charge in [0.1, 0.15) is 0 Å². The Labute approximate surface area is 108 Å². The van der Waals surface area contributed by atoms with Crippen LogP contribution in [0, 0.1) is 0 Å². The summed E-state index contributed by atoms with van der Waals surface area (Å²) in [6, 6.07) is 3.23. The molecule has 1 aromatic rings. The number of carbonyl (C=O) groups is 3. The van der Waals surface area contributed by atoms with Crippen LogP contribution in [-0.2, 0) is 16.1 Å². The third kappa shape index (κ3) is 3.33. The number of nitrogens with one attached hydrogen (secondary N) is 2. The molecule has 8 heteroatoms. The Morgan fingerprint density at radius 1 is 1.37 bits per heavy atom. The first-order valence-electron chi connectivity index (χ1n) is 5.59. The van der Waals surface area contributed by atoms with Crippen LogP contribution in [0.25, 0.3) is 0 Å². The summed E-state index contributed by atoms with van der Waals surface area (Å²) in [5.41, 5.74) is 3.02. The maximum atomic E-state index is 11.2. The SMILES string of the molecule is NNC(=O)c1ccc(CN2CC(=O)NC(=O)C2)nc1. The van der Waals surface area contributed by atoms with E-state index in [9.17, 15) is 14.4 Å². The topological polar surface area (TPSA) is 117 Å². The van der Waals surface area contributed by atoms with Gasteiger partial charge in [-0.05, 0) is 12.1 Å². The predicted octanol–water partition coefficient (Wildman–Crippen LogP) is -1.86. The summed E-state index contributed by atoms with van der Waals surface area (Å²) in [7, 11) is 0. The number of hydrazine groups is 1. The van der Waals surface area contributed by atoms with E-state index in [1.807, 2.05) is 5.43 Å². The van der Waals surface area contributed by atoms with Gasteiger partial charge < -0.3 is 0 Å². The van der Waals surface area contributed by atoms with Crippen LogP contribution in [0.3, 0.4) is 0 Å². The molecule has 2 rings (SSSR count). The van der Waals surface area contributed by atoms with Crippen molar-refractivity contribution in [2.24, 2.45) is 5.84 Å². The summed E-state index contributed by atoms with van der Waals surface area (Å²) in [6.45, 7) is 0.667. The first-order chi connectivity index (χ1) is 9.08. The fourth-order valence-electron chi connectivity index (χ4n) is 1.77. The smallest absolute Gasteiger partial charge is 0.266 e. The predicted molar refractivity (Wildman–Crippen MR) is 64.3 cm³/mol. The second-order valence-corrected chi connectivity index (χ2v) is 4.13. The number of nitrogen functional groups attached to an aromatic ring is 1. The van der Waals surface area contributed by atoms with E-state index in [4.69, 9.17) is 5.84 Å². The molecule has 0 atom stereocenters. The molecule has 1 fully saturated rings. The zero-order valence-corrected chi connectivity index (χ0v) is 10.0. The van der Waals surface area contributed by atoms with Crippen LogP contribution in [0.15, 0.2) is 18.3 Å². The van der Waals surface area contributed by atoms with Crippen molar-refractivity contribution in [3.8, 4) is 0 Å². The van der Waals surface area contributed by atoms with Gasteiger partial charge in [-0.25, -0.2) is 5.84 Å². The van der Waals surface area contributed by atoms with E-state index in [1.165, 1.54) is 6.20 Å². The van der Waals surface area contributed by atoms with Crippen LogP contribution in [0.4, 0.5) is 0 Å². The molecule has 0 radical (unpaired) electrons. The van der Waals surface area contributed by atoms with Gasteiger partial charge in [0.15, 0.2) is 0 Å². The van der Waals surface area contributed by atoms with Gasteiger partial charge in [-0.3, -0.25) is 35.0 Å². The number of nitrogens with zero attached hydrogens (tertiary/aromatic N) is 2. The Morgan fingerprint density at radius 3 is 2.58 bits per heavy atom. The minimum Gasteiger partial charge on any atom is -0.294 e. The lowest BCUT2D eigenvalue weighted by atomic mass is 10.2. The number of piperazine rings is 1. The summed E-state index contributed by atoms with van der Waals surface area (Å²) >= 11 is 0. The maximum Gasteiger partial charge on any atom is 0.266 e. The Hall–Kier alpha value is -2.32. The van der Waals surface area contributed by atoms with Gasteiger partial charge in [0.05, 0.1) is 24.3 Å². The average Bonchev–Trinajstić information content (AvgIpc) is 2.37. The molecule has 4 N–H and O–H groups in total. The summed E-state index contributed by atoms with van der Waals surface area (Å²) in [5, 5.41) is 2.22. The molecule has 1 saturated heterocycles. The van der Waals surface area contributed by atoms with Crippen LogP contribution >= 0.6 is 0 Å². The average molecular weight is 263 g/mol. The fraction of sp³-hybridized carbons (Fsp3) is 0.273. The van der Waals surface area contributed by atoms with Gasteiger partial charge in [0.25, 0.3) is 5.91 Å². The van der Waals surface area contributed by atoms with Crippen molar-refractivity contribution in [2.75, 3.05) is 13.1 Å². The molecule has 1 aromatic heterocycles. The van der Waals surface area contributed by atoms with E-state index in [1.54, 1.807) is 17.0 Å². The van der Waals surface area contributed by atoms with Gasteiger partial charge in [0, 0.05) is 12.7 Å². The lowest BCUT2D eigenvalue weighted by molar-refractivity contribution is -0.136. The molecule has 0 spiro atoms. The first-order valence-corrected chi connectivity index (χ1v) is 5.59. The number of imide groups is 1. The van der Waals surface area contributed by atoms with Gasteiger partial charge in [-0.2, -0.15) is 0 Å². The van der Waals surface area contributed by atoms with E-state index >= 15 is 0 Å². The molecule has 3 amide bonds. The number of hydrogen-bond acceptors (Lipinski definition) is 6. The second kappa shape index (κ2) is 5.55. The molecule has 1 aliphatic rings. The van der Waals surface area contributed by atoms with E-state index in [-0.39, 0.29) is 24.9 Å². The Kier molecular flexibility index (Phi) is 3.83. The standard InChI is InChI=1S/C11H13N5O3/c12-15-11(19)7-1-2-8(13-3-7)4-16-5-9(17)14-10(18)6-16/h1-3H,4-6,12H2,(H,15,19)(H,14,17,18). The summed E-state index contributed by atoms with van der Waals surface area (Å²) in [5.74, 6) is 3.93. The molecule has 0 bridgehead atoms. The van der Waals surface area contributed by atoms with Crippen LogP contribution in [-0.4, -0.2) is 40.7 Å². The Morgan fingerprint density at radius 2 is 2.05 bits per heavy atom. The van der Waals surface area contributed by atoms with E-state index in [0.29, 0.717) is 17.8 Å². The van der Waals surface area contributed by atoms with Crippen LogP contribution in [0.1, 0.15) is 16.1 Å². The van der Waals surface area contributed by atoms with Crippen molar-refractivity contribution in [2.45, 2.75) is 6.54 Å². The van der Waals surface area contributed by atoms with Crippen LogP contribution in [0.5, 0.6) is 0 Å². The lowest BCUT2D eigenvalue weighted by Gasteiger charge is -2.24. The quantitative estimate of drug-likeness (QED) is 0.255. The van der Waals surface area contributed by atoms with Crippen LogP contribution in [0.2, 0.25) is 0 Å². The molecule has 100 valence electrons. The van der Waals surface area contributed by atoms with Gasteiger partial charge in [-0.1, -0.05) is 0 Å². The molecule has 19 heavy (non-hydrogen) atoms. The number of pyridine rings is 1. The maximum absolute atomic E-state index is 11.2. The van der Waals surface area contributed by atoms with Gasteiger partial charge in [-0.15, -0.1) is 0 Å². The largest absolute Gasteiger partial charge is 0.294 e. The third-order valence-corrected chi connectivity index (χ3v) is 2.62. The number of hydrogen-bond donors (Lipinski definition) is 3. The first kappa shape index (κ1) is 13.1. The highest BCUT2D eigenvalue weighted by Gasteiger charge is 2.22. The van der Waals surface area contributed by atoms with Crippen molar-refractivity contribution in [1.29, 1.82) is 0 Å². The minimum absolute atomic E-state index is 0.151. The summed E-state index contributed by atoms with van der Waals surface area (Å²) < 4.78 is 0. The molecule has 8 nitrogen and oxygen atoms in total. The summed E-state index contributed by atoms with van der Waals surface area (Å²) in [4.78, 5) is 39.4. The van der Waals surface area contributed by atoms with Crippen molar-refractivity contribution < 1.29 is 14.4 Å². The van der Waals surface area contributed by atoms with E-state index in [0.717, 1.165) is 0 Å². The van der Waals surface area contributed by atoms with Crippen molar-refractivity contribution in [3.05, 3.63) is 29.6 Å². The number of aromatic nitrogens is 1. The van der Waals surface area contributed by atoms with E-state index < -0.39 is 5.91 Å². The molecule has 0 aromatic carbocycles. The zero-order valence-electron chi connectivity index (χ0n) is 10.0. The number of amides is 3. The van der Waals surface area contributed by atoms with Crippen molar-refractivity contribution >= 4 is 17.7 Å².